The van der Waals surface area contributed by atoms with Gasteiger partial charge in [0.1, 0.15) is 5.82 Å². The number of aryl methyl sites for hydroxylation is 1. The van der Waals surface area contributed by atoms with Gasteiger partial charge in [-0.3, -0.25) is 0 Å². The molecule has 1 aromatic heterocycles. The summed E-state index contributed by atoms with van der Waals surface area (Å²) in [5.74, 6) is 2.16. The minimum atomic E-state index is 0.458. The van der Waals surface area contributed by atoms with Crippen LogP contribution in [0.15, 0.2) is 0 Å². The molecule has 7 nitrogen and oxygen atoms in total. The van der Waals surface area contributed by atoms with Gasteiger partial charge in [-0.15, -0.1) is 0 Å². The summed E-state index contributed by atoms with van der Waals surface area (Å²) in [5, 5.41) is 13.6. The maximum Gasteiger partial charge on any atom is 0.227 e. The summed E-state index contributed by atoms with van der Waals surface area (Å²) in [6.45, 7) is 6.15. The van der Waals surface area contributed by atoms with Crippen LogP contribution >= 0.6 is 0 Å². The number of hydrogen-bond donors (Lipinski definition) is 4. The fourth-order valence-electron chi connectivity index (χ4n) is 2.91. The standard InChI is InChI=1S/C14H25N7/c1-10-17-13(19-11-2-6-15-7-3-11)21-14(18-10)20-12-4-8-16-9-5-12/h11-12,15-16H,2-9H2,1H3,(H2,17,18,19,20,21). The highest BCUT2D eigenvalue weighted by Crippen LogP contribution is 2.14. The van der Waals surface area contributed by atoms with E-state index in [1.54, 1.807) is 0 Å². The van der Waals surface area contributed by atoms with E-state index in [1.165, 1.54) is 0 Å². The fourth-order valence-corrected chi connectivity index (χ4v) is 2.91. The quantitative estimate of drug-likeness (QED) is 0.643. The molecule has 0 unspecified atom stereocenters. The molecule has 3 heterocycles. The van der Waals surface area contributed by atoms with Crippen LogP contribution in [-0.2, 0) is 0 Å². The highest BCUT2D eigenvalue weighted by atomic mass is 15.2. The van der Waals surface area contributed by atoms with Crippen molar-refractivity contribution in [1.29, 1.82) is 0 Å². The summed E-state index contributed by atoms with van der Waals surface area (Å²) in [4.78, 5) is 13.4. The van der Waals surface area contributed by atoms with Crippen molar-refractivity contribution in [2.45, 2.75) is 44.7 Å². The van der Waals surface area contributed by atoms with Gasteiger partial charge in [-0.1, -0.05) is 0 Å². The second kappa shape index (κ2) is 7.00. The molecule has 4 N–H and O–H groups in total. The molecule has 2 fully saturated rings. The van der Waals surface area contributed by atoms with E-state index in [4.69, 9.17) is 0 Å². The molecule has 21 heavy (non-hydrogen) atoms. The van der Waals surface area contributed by atoms with Crippen LogP contribution in [0.3, 0.4) is 0 Å². The van der Waals surface area contributed by atoms with Crippen molar-refractivity contribution in [1.82, 2.24) is 25.6 Å². The highest BCUT2D eigenvalue weighted by Gasteiger charge is 2.17. The van der Waals surface area contributed by atoms with Crippen molar-refractivity contribution in [3.05, 3.63) is 5.82 Å². The van der Waals surface area contributed by atoms with Crippen LogP contribution in [0, 0.1) is 6.92 Å². The molecule has 0 aliphatic carbocycles. The number of nitrogens with zero attached hydrogens (tertiary/aromatic N) is 3. The zero-order chi connectivity index (χ0) is 14.5. The lowest BCUT2D eigenvalue weighted by molar-refractivity contribution is 0.474. The van der Waals surface area contributed by atoms with Crippen LogP contribution in [0.1, 0.15) is 31.5 Å². The Hall–Kier alpha value is -1.47. The van der Waals surface area contributed by atoms with E-state index in [2.05, 4.69) is 36.2 Å². The summed E-state index contributed by atoms with van der Waals surface area (Å²) in [6.07, 6.45) is 4.45. The number of hydrogen-bond acceptors (Lipinski definition) is 7. The Morgan fingerprint density at radius 2 is 1.19 bits per heavy atom. The number of rotatable bonds is 4. The summed E-state index contributed by atoms with van der Waals surface area (Å²) < 4.78 is 0. The minimum absolute atomic E-state index is 0.458. The third-order valence-corrected chi connectivity index (χ3v) is 4.09. The van der Waals surface area contributed by atoms with E-state index in [1.807, 2.05) is 6.92 Å². The zero-order valence-electron chi connectivity index (χ0n) is 12.7. The van der Waals surface area contributed by atoms with Crippen LogP contribution in [0.2, 0.25) is 0 Å². The van der Waals surface area contributed by atoms with Gasteiger partial charge in [0.05, 0.1) is 0 Å². The molecule has 0 radical (unpaired) electrons. The molecule has 3 rings (SSSR count). The SMILES string of the molecule is Cc1nc(NC2CCNCC2)nc(NC2CCNCC2)n1. The van der Waals surface area contributed by atoms with Gasteiger partial charge in [-0.25, -0.2) is 0 Å². The van der Waals surface area contributed by atoms with Crippen LogP contribution in [0.4, 0.5) is 11.9 Å². The van der Waals surface area contributed by atoms with Gasteiger partial charge in [0.2, 0.25) is 11.9 Å². The lowest BCUT2D eigenvalue weighted by Gasteiger charge is -2.25. The molecule has 0 amide bonds. The van der Waals surface area contributed by atoms with Gasteiger partial charge in [-0.05, 0) is 58.8 Å². The predicted molar refractivity (Wildman–Crippen MR) is 83.6 cm³/mol. The van der Waals surface area contributed by atoms with Gasteiger partial charge in [-0.2, -0.15) is 15.0 Å². The number of piperidine rings is 2. The van der Waals surface area contributed by atoms with E-state index < -0.39 is 0 Å². The molecule has 0 aromatic carbocycles. The maximum atomic E-state index is 4.54. The topological polar surface area (TPSA) is 86.8 Å². The van der Waals surface area contributed by atoms with Crippen molar-refractivity contribution in [2.24, 2.45) is 0 Å². The fraction of sp³-hybridized carbons (Fsp3) is 0.786. The third-order valence-electron chi connectivity index (χ3n) is 4.09. The molecular formula is C14H25N7. The van der Waals surface area contributed by atoms with Gasteiger partial charge in [0.15, 0.2) is 0 Å². The molecule has 7 heteroatoms. The molecule has 0 bridgehead atoms. The molecule has 0 spiro atoms. The lowest BCUT2D eigenvalue weighted by Crippen LogP contribution is -2.36. The number of anilines is 2. The Morgan fingerprint density at radius 3 is 1.62 bits per heavy atom. The maximum absolute atomic E-state index is 4.54. The predicted octanol–water partition coefficient (Wildman–Crippen LogP) is 0.508. The smallest absolute Gasteiger partial charge is 0.227 e. The number of aromatic nitrogens is 3. The normalized spacial score (nSPS) is 21.2. The van der Waals surface area contributed by atoms with E-state index in [0.29, 0.717) is 24.0 Å². The van der Waals surface area contributed by atoms with Crippen molar-refractivity contribution in [2.75, 3.05) is 36.8 Å². The summed E-state index contributed by atoms with van der Waals surface area (Å²) in [6, 6.07) is 0.916. The Morgan fingerprint density at radius 1 is 0.762 bits per heavy atom. The molecule has 2 aliphatic rings. The average Bonchev–Trinajstić information content (AvgIpc) is 2.48. The Kier molecular flexibility index (Phi) is 4.82. The van der Waals surface area contributed by atoms with Gasteiger partial charge in [0, 0.05) is 12.1 Å². The first-order valence-electron chi connectivity index (χ1n) is 7.97. The second-order valence-electron chi connectivity index (χ2n) is 5.87. The Balaban J connectivity index is 1.63. The average molecular weight is 291 g/mol. The van der Waals surface area contributed by atoms with Crippen LogP contribution in [-0.4, -0.2) is 53.2 Å². The Labute approximate surface area is 125 Å². The first-order valence-corrected chi connectivity index (χ1v) is 7.97. The van der Waals surface area contributed by atoms with E-state index in [-0.39, 0.29) is 0 Å². The Bertz CT molecular complexity index is 414. The largest absolute Gasteiger partial charge is 0.351 e. The van der Waals surface area contributed by atoms with Gasteiger partial charge in [0.25, 0.3) is 0 Å². The molecule has 1 aromatic rings. The van der Waals surface area contributed by atoms with Crippen molar-refractivity contribution < 1.29 is 0 Å². The van der Waals surface area contributed by atoms with E-state index >= 15 is 0 Å². The molecule has 0 saturated carbocycles. The molecule has 0 atom stereocenters. The second-order valence-corrected chi connectivity index (χ2v) is 5.87. The zero-order valence-corrected chi connectivity index (χ0v) is 12.7. The van der Waals surface area contributed by atoms with Crippen molar-refractivity contribution >= 4 is 11.9 Å². The van der Waals surface area contributed by atoms with Crippen LogP contribution < -0.4 is 21.3 Å². The van der Waals surface area contributed by atoms with E-state index in [0.717, 1.165) is 57.7 Å². The molecule has 2 aliphatic heterocycles. The van der Waals surface area contributed by atoms with Gasteiger partial charge >= 0.3 is 0 Å². The number of nitrogens with one attached hydrogen (secondary N) is 4. The van der Waals surface area contributed by atoms with Crippen molar-refractivity contribution in [3.8, 4) is 0 Å². The molecule has 2 saturated heterocycles. The minimum Gasteiger partial charge on any atom is -0.351 e. The third kappa shape index (κ3) is 4.25. The first kappa shape index (κ1) is 14.5. The van der Waals surface area contributed by atoms with E-state index in [9.17, 15) is 0 Å². The lowest BCUT2D eigenvalue weighted by atomic mass is 10.1. The van der Waals surface area contributed by atoms with Crippen molar-refractivity contribution in [3.63, 3.8) is 0 Å². The molecular weight excluding hydrogens is 266 g/mol. The first-order chi connectivity index (χ1) is 10.3. The van der Waals surface area contributed by atoms with Crippen LogP contribution in [0.25, 0.3) is 0 Å². The summed E-state index contributed by atoms with van der Waals surface area (Å²) >= 11 is 0. The van der Waals surface area contributed by atoms with Gasteiger partial charge < -0.3 is 21.3 Å². The summed E-state index contributed by atoms with van der Waals surface area (Å²) in [7, 11) is 0. The highest BCUT2D eigenvalue weighted by molar-refractivity contribution is 5.36. The monoisotopic (exact) mass is 291 g/mol. The summed E-state index contributed by atoms with van der Waals surface area (Å²) in [5.41, 5.74) is 0. The van der Waals surface area contributed by atoms with Crippen LogP contribution in [0.5, 0.6) is 0 Å². The molecule has 116 valence electrons.